The Bertz CT molecular complexity index is 466. The Labute approximate surface area is 121 Å². The molecule has 1 rings (SSSR count). The van der Waals surface area contributed by atoms with Crippen LogP contribution in [0.4, 0.5) is 0 Å². The Balaban J connectivity index is 2.97. The topological polar surface area (TPSA) is 70.5 Å². The molecule has 0 atom stereocenters. The van der Waals surface area contributed by atoms with E-state index in [4.69, 9.17) is 5.11 Å². The molecule has 1 aromatic rings. The molecule has 0 saturated heterocycles. The summed E-state index contributed by atoms with van der Waals surface area (Å²) in [6, 6.07) is 1.70. The summed E-state index contributed by atoms with van der Waals surface area (Å²) in [5, 5.41) is 8.79. The Morgan fingerprint density at radius 1 is 1.44 bits per heavy atom. The summed E-state index contributed by atoms with van der Waals surface area (Å²) >= 11 is 6.49. The molecule has 0 spiro atoms. The van der Waals surface area contributed by atoms with Crippen molar-refractivity contribution in [2.24, 2.45) is 0 Å². The third-order valence-electron chi connectivity index (χ3n) is 2.12. The van der Waals surface area contributed by atoms with Crippen molar-refractivity contribution in [1.29, 1.82) is 0 Å². The minimum Gasteiger partial charge on any atom is -0.480 e. The van der Waals surface area contributed by atoms with Gasteiger partial charge >= 0.3 is 5.97 Å². The number of carbonyl (C=O) groups is 2. The molecule has 5 nitrogen and oxygen atoms in total. The second-order valence-corrected chi connectivity index (χ2v) is 5.37. The molecule has 0 aliphatic rings. The minimum atomic E-state index is -1.04. The quantitative estimate of drug-likeness (QED) is 0.853. The molecule has 0 aromatic carbocycles. The largest absolute Gasteiger partial charge is 0.480 e. The number of aromatic nitrogens is 1. The number of hydrogen-bond acceptors (Lipinski definition) is 3. The summed E-state index contributed by atoms with van der Waals surface area (Å²) in [6.45, 7) is 1.94. The fourth-order valence-corrected chi connectivity index (χ4v) is 2.56. The first-order valence-corrected chi connectivity index (χ1v) is 6.86. The van der Waals surface area contributed by atoms with Crippen molar-refractivity contribution in [3.8, 4) is 0 Å². The molecule has 1 N–H and O–H groups in total. The van der Waals surface area contributed by atoms with Gasteiger partial charge < -0.3 is 10.0 Å². The number of nitrogens with zero attached hydrogens (tertiary/aromatic N) is 2. The number of rotatable bonds is 5. The van der Waals surface area contributed by atoms with E-state index in [-0.39, 0.29) is 12.2 Å². The highest BCUT2D eigenvalue weighted by atomic mass is 79.9. The lowest BCUT2D eigenvalue weighted by molar-refractivity contribution is -0.137. The third kappa shape index (κ3) is 4.06. The summed E-state index contributed by atoms with van der Waals surface area (Å²) < 4.78 is 1.28. The van der Waals surface area contributed by atoms with Crippen LogP contribution in [0.15, 0.2) is 21.2 Å². The van der Waals surface area contributed by atoms with Gasteiger partial charge in [0.05, 0.1) is 4.47 Å². The molecule has 98 valence electrons. The second kappa shape index (κ2) is 6.84. The fraction of sp³-hybridized carbons (Fsp3) is 0.364. The molecule has 1 aromatic heterocycles. The molecule has 7 heteroatoms. The SMILES string of the molecule is CCCN(CC(=O)O)C(=O)c1ncc(Br)cc1Br. The molecule has 0 radical (unpaired) electrons. The van der Waals surface area contributed by atoms with Crippen molar-refractivity contribution in [2.45, 2.75) is 13.3 Å². The first-order valence-electron chi connectivity index (χ1n) is 5.27. The van der Waals surface area contributed by atoms with E-state index in [9.17, 15) is 9.59 Å². The molecule has 18 heavy (non-hydrogen) atoms. The minimum absolute atomic E-state index is 0.216. The van der Waals surface area contributed by atoms with Crippen molar-refractivity contribution in [1.82, 2.24) is 9.88 Å². The number of hydrogen-bond donors (Lipinski definition) is 1. The van der Waals surface area contributed by atoms with E-state index in [1.54, 1.807) is 6.07 Å². The monoisotopic (exact) mass is 378 g/mol. The standard InChI is InChI=1S/C11H12Br2N2O3/c1-2-3-15(6-9(16)17)11(18)10-8(13)4-7(12)5-14-10/h4-5H,2-3,6H2,1H3,(H,16,17). The number of carbonyl (C=O) groups excluding carboxylic acids is 1. The van der Waals surface area contributed by atoms with E-state index in [1.165, 1.54) is 11.1 Å². The first kappa shape index (κ1) is 15.1. The van der Waals surface area contributed by atoms with Gasteiger partial charge in [-0.2, -0.15) is 0 Å². The molecule has 0 unspecified atom stereocenters. The van der Waals surface area contributed by atoms with Crippen molar-refractivity contribution < 1.29 is 14.7 Å². The average Bonchev–Trinajstić information content (AvgIpc) is 2.27. The molecular weight excluding hydrogens is 368 g/mol. The highest BCUT2D eigenvalue weighted by Crippen LogP contribution is 2.20. The van der Waals surface area contributed by atoms with Crippen LogP contribution in [0, 0.1) is 0 Å². The van der Waals surface area contributed by atoms with Gasteiger partial charge in [-0.05, 0) is 44.3 Å². The Kier molecular flexibility index (Phi) is 5.74. The van der Waals surface area contributed by atoms with Gasteiger partial charge in [0.2, 0.25) is 0 Å². The maximum atomic E-state index is 12.2. The lowest BCUT2D eigenvalue weighted by Crippen LogP contribution is -2.36. The molecule has 0 fully saturated rings. The van der Waals surface area contributed by atoms with Gasteiger partial charge in [-0.3, -0.25) is 9.59 Å². The number of halogens is 2. The Morgan fingerprint density at radius 2 is 2.11 bits per heavy atom. The van der Waals surface area contributed by atoms with E-state index >= 15 is 0 Å². The molecule has 0 aliphatic heterocycles. The molecule has 1 heterocycles. The van der Waals surface area contributed by atoms with E-state index in [1.807, 2.05) is 6.92 Å². The number of carboxylic acids is 1. The predicted octanol–water partition coefficient (Wildman–Crippen LogP) is 2.54. The second-order valence-electron chi connectivity index (χ2n) is 3.60. The van der Waals surface area contributed by atoms with Crippen molar-refractivity contribution in [3.05, 3.63) is 26.9 Å². The summed E-state index contributed by atoms with van der Waals surface area (Å²) in [5.41, 5.74) is 0.216. The zero-order valence-corrected chi connectivity index (χ0v) is 12.9. The summed E-state index contributed by atoms with van der Waals surface area (Å²) in [4.78, 5) is 28.2. The molecule has 0 bridgehead atoms. The van der Waals surface area contributed by atoms with E-state index in [0.717, 1.165) is 4.47 Å². The van der Waals surface area contributed by atoms with Crippen molar-refractivity contribution in [2.75, 3.05) is 13.1 Å². The van der Waals surface area contributed by atoms with Crippen LogP contribution in [0.1, 0.15) is 23.8 Å². The number of amides is 1. The lowest BCUT2D eigenvalue weighted by atomic mass is 10.3. The molecular formula is C11H12Br2N2O3. The highest BCUT2D eigenvalue weighted by molar-refractivity contribution is 9.11. The van der Waals surface area contributed by atoms with Gasteiger partial charge in [0, 0.05) is 17.2 Å². The third-order valence-corrected chi connectivity index (χ3v) is 3.16. The Morgan fingerprint density at radius 3 is 2.61 bits per heavy atom. The number of pyridine rings is 1. The average molecular weight is 380 g/mol. The van der Waals surface area contributed by atoms with Crippen LogP contribution >= 0.6 is 31.9 Å². The van der Waals surface area contributed by atoms with E-state index < -0.39 is 11.9 Å². The van der Waals surface area contributed by atoms with Crippen LogP contribution in [-0.2, 0) is 4.79 Å². The Hall–Kier alpha value is -0.950. The normalized spacial score (nSPS) is 10.2. The van der Waals surface area contributed by atoms with Crippen LogP contribution in [0.3, 0.4) is 0 Å². The summed E-state index contributed by atoms with van der Waals surface area (Å²) in [6.07, 6.45) is 2.19. The van der Waals surface area contributed by atoms with E-state index in [2.05, 4.69) is 36.8 Å². The zero-order valence-electron chi connectivity index (χ0n) is 9.69. The maximum Gasteiger partial charge on any atom is 0.323 e. The van der Waals surface area contributed by atoms with Gasteiger partial charge in [0.15, 0.2) is 0 Å². The molecule has 1 amide bonds. The van der Waals surface area contributed by atoms with Gasteiger partial charge in [-0.25, -0.2) is 4.98 Å². The molecule has 0 saturated carbocycles. The van der Waals surface area contributed by atoms with E-state index in [0.29, 0.717) is 17.4 Å². The van der Waals surface area contributed by atoms with Crippen LogP contribution in [0.25, 0.3) is 0 Å². The van der Waals surface area contributed by atoms with Crippen molar-refractivity contribution in [3.63, 3.8) is 0 Å². The number of carboxylic acid groups (broad SMARTS) is 1. The summed E-state index contributed by atoms with van der Waals surface area (Å²) in [5.74, 6) is -1.43. The fourth-order valence-electron chi connectivity index (χ4n) is 1.41. The van der Waals surface area contributed by atoms with Crippen LogP contribution in [0.5, 0.6) is 0 Å². The zero-order chi connectivity index (χ0) is 13.7. The van der Waals surface area contributed by atoms with Gasteiger partial charge in [0.1, 0.15) is 12.2 Å². The lowest BCUT2D eigenvalue weighted by Gasteiger charge is -2.19. The van der Waals surface area contributed by atoms with Gasteiger partial charge in [-0.15, -0.1) is 0 Å². The van der Waals surface area contributed by atoms with Crippen LogP contribution < -0.4 is 0 Å². The number of aliphatic carboxylic acids is 1. The first-order chi connectivity index (χ1) is 8.45. The highest BCUT2D eigenvalue weighted by Gasteiger charge is 2.21. The summed E-state index contributed by atoms with van der Waals surface area (Å²) in [7, 11) is 0. The predicted molar refractivity (Wildman–Crippen MR) is 73.5 cm³/mol. The smallest absolute Gasteiger partial charge is 0.323 e. The van der Waals surface area contributed by atoms with Crippen LogP contribution in [0.2, 0.25) is 0 Å². The van der Waals surface area contributed by atoms with Gasteiger partial charge in [0.25, 0.3) is 5.91 Å². The maximum absolute atomic E-state index is 12.2. The van der Waals surface area contributed by atoms with Crippen molar-refractivity contribution >= 4 is 43.7 Å². The van der Waals surface area contributed by atoms with Gasteiger partial charge in [-0.1, -0.05) is 6.92 Å². The molecule has 0 aliphatic carbocycles. The van der Waals surface area contributed by atoms with Crippen LogP contribution in [-0.4, -0.2) is 40.0 Å².